The van der Waals surface area contributed by atoms with Crippen LogP contribution >= 0.6 is 34.5 Å². The van der Waals surface area contributed by atoms with Gasteiger partial charge >= 0.3 is 0 Å². The third-order valence-corrected chi connectivity index (χ3v) is 5.53. The maximum Gasteiger partial charge on any atom is 0.257 e. The van der Waals surface area contributed by atoms with Crippen LogP contribution in [0.4, 0.5) is 5.13 Å². The lowest BCUT2D eigenvalue weighted by Crippen LogP contribution is -2.11. The molecule has 1 heterocycles. The van der Waals surface area contributed by atoms with E-state index in [1.54, 1.807) is 36.5 Å². The molecule has 0 unspecified atom stereocenters. The normalized spacial score (nSPS) is 10.6. The lowest BCUT2D eigenvalue weighted by molar-refractivity contribution is 0.102. The molecule has 0 saturated carbocycles. The van der Waals surface area contributed by atoms with Crippen molar-refractivity contribution in [1.29, 1.82) is 0 Å². The van der Waals surface area contributed by atoms with Crippen molar-refractivity contribution in [3.05, 3.63) is 74.7 Å². The first-order chi connectivity index (χ1) is 13.1. The van der Waals surface area contributed by atoms with Crippen LogP contribution in [0.15, 0.2) is 48.7 Å². The van der Waals surface area contributed by atoms with Gasteiger partial charge < -0.3 is 4.74 Å². The van der Waals surface area contributed by atoms with E-state index in [0.29, 0.717) is 33.8 Å². The molecule has 0 aliphatic heterocycles. The predicted molar refractivity (Wildman–Crippen MR) is 112 cm³/mol. The number of carbonyl (C=O) groups is 1. The topological polar surface area (TPSA) is 51.2 Å². The number of nitrogens with one attached hydrogen (secondary N) is 1. The molecule has 0 bridgehead atoms. The second-order valence-electron chi connectivity index (χ2n) is 5.85. The highest BCUT2D eigenvalue weighted by molar-refractivity contribution is 7.15. The highest BCUT2D eigenvalue weighted by Crippen LogP contribution is 2.29. The molecule has 140 valence electrons. The van der Waals surface area contributed by atoms with Crippen molar-refractivity contribution in [2.45, 2.75) is 19.8 Å². The molecule has 4 nitrogen and oxygen atoms in total. The highest BCUT2D eigenvalue weighted by atomic mass is 35.5. The van der Waals surface area contributed by atoms with Crippen LogP contribution in [-0.2, 0) is 6.42 Å². The summed E-state index contributed by atoms with van der Waals surface area (Å²) in [5.74, 6) is 0.544. The maximum atomic E-state index is 12.4. The summed E-state index contributed by atoms with van der Waals surface area (Å²) in [6.45, 7) is 2.70. The van der Waals surface area contributed by atoms with Crippen LogP contribution in [0.25, 0.3) is 0 Å². The van der Waals surface area contributed by atoms with Gasteiger partial charge in [0.1, 0.15) is 5.75 Å². The minimum Gasteiger partial charge on any atom is -0.494 e. The number of halogens is 2. The molecule has 0 atom stereocenters. The summed E-state index contributed by atoms with van der Waals surface area (Å²) >= 11 is 13.7. The number of thiazole rings is 1. The molecule has 1 aromatic heterocycles. The fourth-order valence-electron chi connectivity index (χ4n) is 2.41. The van der Waals surface area contributed by atoms with Crippen molar-refractivity contribution < 1.29 is 9.53 Å². The van der Waals surface area contributed by atoms with Crippen LogP contribution in [-0.4, -0.2) is 17.5 Å². The monoisotopic (exact) mass is 420 g/mol. The number of carbonyl (C=O) groups excluding carboxylic acids is 1. The Morgan fingerprint density at radius 2 is 1.96 bits per heavy atom. The lowest BCUT2D eigenvalue weighted by Gasteiger charge is -2.06. The Morgan fingerprint density at radius 1 is 1.19 bits per heavy atom. The molecule has 1 N–H and O–H groups in total. The van der Waals surface area contributed by atoms with Crippen LogP contribution in [0.2, 0.25) is 10.0 Å². The molecule has 0 radical (unpaired) electrons. The zero-order valence-corrected chi connectivity index (χ0v) is 17.0. The number of ether oxygens (including phenoxy) is 1. The Morgan fingerprint density at radius 3 is 2.70 bits per heavy atom. The largest absolute Gasteiger partial charge is 0.494 e. The summed E-state index contributed by atoms with van der Waals surface area (Å²) < 4.78 is 5.52. The first-order valence-corrected chi connectivity index (χ1v) is 10.1. The van der Waals surface area contributed by atoms with E-state index in [9.17, 15) is 4.79 Å². The van der Waals surface area contributed by atoms with Gasteiger partial charge in [-0.05, 0) is 42.3 Å². The van der Waals surface area contributed by atoms with Crippen molar-refractivity contribution >= 4 is 45.6 Å². The summed E-state index contributed by atoms with van der Waals surface area (Å²) in [7, 11) is 0. The molecule has 0 saturated heterocycles. The quantitative estimate of drug-likeness (QED) is 0.503. The van der Waals surface area contributed by atoms with Crippen LogP contribution in [0.3, 0.4) is 0 Å². The molecule has 3 rings (SSSR count). The van der Waals surface area contributed by atoms with Gasteiger partial charge in [-0.15, -0.1) is 11.3 Å². The minimum absolute atomic E-state index is 0.210. The van der Waals surface area contributed by atoms with E-state index >= 15 is 0 Å². The van der Waals surface area contributed by atoms with Gasteiger partial charge in [0, 0.05) is 23.1 Å². The number of benzene rings is 2. The summed E-state index contributed by atoms with van der Waals surface area (Å²) in [4.78, 5) is 17.6. The van der Waals surface area contributed by atoms with Crippen molar-refractivity contribution in [2.75, 3.05) is 11.9 Å². The number of aromatic nitrogens is 1. The van der Waals surface area contributed by atoms with Crippen molar-refractivity contribution in [3.63, 3.8) is 0 Å². The van der Waals surface area contributed by atoms with E-state index in [0.717, 1.165) is 22.6 Å². The number of amides is 1. The van der Waals surface area contributed by atoms with Crippen LogP contribution in [0.5, 0.6) is 5.75 Å². The Hall–Kier alpha value is -2.08. The third-order valence-electron chi connectivity index (χ3n) is 3.76. The Bertz CT molecular complexity index is 926. The van der Waals surface area contributed by atoms with E-state index < -0.39 is 0 Å². The standard InChI is InChI=1S/C20H18Cl2N2O2S/c1-2-10-26-15-8-6-13(7-9-15)19(25)24-20-23-12-16(27-20)11-14-4-3-5-17(21)18(14)22/h3-9,12H,2,10-11H2,1H3,(H,23,24,25). The number of rotatable bonds is 7. The van der Waals surface area contributed by atoms with Gasteiger partial charge in [0.15, 0.2) is 5.13 Å². The van der Waals surface area contributed by atoms with Crippen molar-refractivity contribution in [2.24, 2.45) is 0 Å². The lowest BCUT2D eigenvalue weighted by atomic mass is 10.1. The van der Waals surface area contributed by atoms with Gasteiger partial charge in [0.05, 0.1) is 16.7 Å². The van der Waals surface area contributed by atoms with E-state index in [1.807, 2.05) is 19.1 Å². The fraction of sp³-hybridized carbons (Fsp3) is 0.200. The Balaban J connectivity index is 1.63. The molecule has 0 aliphatic rings. The van der Waals surface area contributed by atoms with Gasteiger partial charge in [-0.2, -0.15) is 0 Å². The van der Waals surface area contributed by atoms with Crippen molar-refractivity contribution in [1.82, 2.24) is 4.98 Å². The van der Waals surface area contributed by atoms with E-state index in [-0.39, 0.29) is 5.91 Å². The second-order valence-corrected chi connectivity index (χ2v) is 7.75. The molecular weight excluding hydrogens is 403 g/mol. The van der Waals surface area contributed by atoms with Crippen LogP contribution in [0.1, 0.15) is 34.1 Å². The highest BCUT2D eigenvalue weighted by Gasteiger charge is 2.11. The average molecular weight is 421 g/mol. The van der Waals surface area contributed by atoms with Gasteiger partial charge in [-0.1, -0.05) is 42.3 Å². The molecule has 2 aromatic carbocycles. The van der Waals surface area contributed by atoms with Crippen LogP contribution < -0.4 is 10.1 Å². The number of hydrogen-bond donors (Lipinski definition) is 1. The zero-order chi connectivity index (χ0) is 19.2. The predicted octanol–water partition coefficient (Wildman–Crippen LogP) is 6.08. The molecule has 0 spiro atoms. The number of hydrogen-bond acceptors (Lipinski definition) is 4. The Kier molecular flexibility index (Phi) is 6.72. The summed E-state index contributed by atoms with van der Waals surface area (Å²) in [6, 6.07) is 12.6. The smallest absolute Gasteiger partial charge is 0.257 e. The molecular formula is C20H18Cl2N2O2S. The van der Waals surface area contributed by atoms with Gasteiger partial charge in [-0.25, -0.2) is 4.98 Å². The van der Waals surface area contributed by atoms with Gasteiger partial charge in [0.25, 0.3) is 5.91 Å². The zero-order valence-electron chi connectivity index (χ0n) is 14.7. The first-order valence-electron chi connectivity index (χ1n) is 8.48. The average Bonchev–Trinajstić information content (AvgIpc) is 3.11. The van der Waals surface area contributed by atoms with E-state index in [2.05, 4.69) is 10.3 Å². The Labute approximate surface area is 172 Å². The van der Waals surface area contributed by atoms with Crippen LogP contribution in [0, 0.1) is 0 Å². The SMILES string of the molecule is CCCOc1ccc(C(=O)Nc2ncc(Cc3cccc(Cl)c3Cl)s2)cc1. The molecule has 0 aliphatic carbocycles. The van der Waals surface area contributed by atoms with Gasteiger partial charge in [-0.3, -0.25) is 10.1 Å². The van der Waals surface area contributed by atoms with Crippen molar-refractivity contribution in [3.8, 4) is 5.75 Å². The molecule has 27 heavy (non-hydrogen) atoms. The van der Waals surface area contributed by atoms with Gasteiger partial charge in [0.2, 0.25) is 0 Å². The maximum absolute atomic E-state index is 12.4. The summed E-state index contributed by atoms with van der Waals surface area (Å²) in [5, 5.41) is 4.43. The fourth-order valence-corrected chi connectivity index (χ4v) is 3.63. The summed E-state index contributed by atoms with van der Waals surface area (Å²) in [5.41, 5.74) is 1.47. The van der Waals surface area contributed by atoms with E-state index in [1.165, 1.54) is 11.3 Å². The number of anilines is 1. The number of nitrogens with zero attached hydrogens (tertiary/aromatic N) is 1. The summed E-state index contributed by atoms with van der Waals surface area (Å²) in [6.07, 6.45) is 3.28. The molecule has 3 aromatic rings. The molecule has 7 heteroatoms. The third kappa shape index (κ3) is 5.22. The molecule has 1 amide bonds. The molecule has 0 fully saturated rings. The van der Waals surface area contributed by atoms with E-state index in [4.69, 9.17) is 27.9 Å². The minimum atomic E-state index is -0.210. The first kappa shape index (κ1) is 19.7. The second kappa shape index (κ2) is 9.22.